The van der Waals surface area contributed by atoms with Crippen molar-refractivity contribution in [2.24, 2.45) is 0 Å². The Labute approximate surface area is 88.7 Å². The Hall–Kier alpha value is -1.64. The first-order chi connectivity index (χ1) is 7.24. The van der Waals surface area contributed by atoms with Crippen molar-refractivity contribution >= 4 is 12.2 Å². The monoisotopic (exact) mass is 203 g/mol. The Kier molecular flexibility index (Phi) is 2.54. The van der Waals surface area contributed by atoms with Gasteiger partial charge in [0.2, 0.25) is 5.91 Å². The molecule has 78 valence electrons. The third-order valence-electron chi connectivity index (χ3n) is 3.01. The molecule has 0 radical (unpaired) electrons. The molecule has 0 N–H and O–H groups in total. The van der Waals surface area contributed by atoms with Gasteiger partial charge < -0.3 is 9.69 Å². The van der Waals surface area contributed by atoms with Crippen LogP contribution in [-0.2, 0) is 9.59 Å². The minimum atomic E-state index is -0.306. The number of carbonyl (C=O) groups is 2. The van der Waals surface area contributed by atoms with E-state index in [1.54, 1.807) is 7.05 Å². The number of hydrogen-bond acceptors (Lipinski definition) is 2. The molecular weight excluding hydrogens is 190 g/mol. The molecule has 1 aliphatic heterocycles. The lowest BCUT2D eigenvalue weighted by molar-refractivity contribution is -0.129. The van der Waals surface area contributed by atoms with Crippen molar-refractivity contribution in [2.45, 2.75) is 18.4 Å². The lowest BCUT2D eigenvalue weighted by Crippen LogP contribution is -2.32. The zero-order chi connectivity index (χ0) is 10.8. The Balaban J connectivity index is 2.31. The van der Waals surface area contributed by atoms with Gasteiger partial charge in [0.25, 0.3) is 0 Å². The van der Waals surface area contributed by atoms with Crippen molar-refractivity contribution < 1.29 is 9.59 Å². The summed E-state index contributed by atoms with van der Waals surface area (Å²) in [6.45, 7) is 0. The number of carbonyl (C=O) groups excluding carboxylic acids is 2. The van der Waals surface area contributed by atoms with Crippen LogP contribution in [0.15, 0.2) is 30.3 Å². The van der Waals surface area contributed by atoms with E-state index in [0.717, 1.165) is 11.8 Å². The lowest BCUT2D eigenvalue weighted by Gasteiger charge is -2.19. The van der Waals surface area contributed by atoms with Gasteiger partial charge in [-0.15, -0.1) is 0 Å². The normalized spacial score (nSPS) is 25.7. The molecule has 0 aromatic heterocycles. The minimum absolute atomic E-state index is 0.0150. The molecule has 3 nitrogen and oxygen atoms in total. The fourth-order valence-electron chi connectivity index (χ4n) is 2.09. The van der Waals surface area contributed by atoms with Crippen LogP contribution in [0.25, 0.3) is 0 Å². The van der Waals surface area contributed by atoms with Gasteiger partial charge in [0, 0.05) is 19.4 Å². The van der Waals surface area contributed by atoms with E-state index in [1.807, 2.05) is 30.3 Å². The van der Waals surface area contributed by atoms with E-state index in [1.165, 1.54) is 4.90 Å². The van der Waals surface area contributed by atoms with E-state index in [-0.39, 0.29) is 17.9 Å². The molecule has 3 heteroatoms. The van der Waals surface area contributed by atoms with Gasteiger partial charge >= 0.3 is 0 Å². The predicted octanol–water partition coefficient (Wildman–Crippen LogP) is 1.20. The fraction of sp³-hybridized carbons (Fsp3) is 0.333. The van der Waals surface area contributed by atoms with E-state index in [9.17, 15) is 9.59 Å². The van der Waals surface area contributed by atoms with Gasteiger partial charge in [-0.3, -0.25) is 4.79 Å². The molecule has 1 aromatic carbocycles. The zero-order valence-corrected chi connectivity index (χ0v) is 8.59. The zero-order valence-electron chi connectivity index (χ0n) is 8.59. The molecular formula is C12H13NO2. The van der Waals surface area contributed by atoms with Crippen LogP contribution in [0.3, 0.4) is 0 Å². The lowest BCUT2D eigenvalue weighted by atomic mass is 9.92. The second-order valence-corrected chi connectivity index (χ2v) is 3.85. The first-order valence-electron chi connectivity index (χ1n) is 5.00. The van der Waals surface area contributed by atoms with Crippen LogP contribution in [0.4, 0.5) is 0 Å². The van der Waals surface area contributed by atoms with Crippen LogP contribution < -0.4 is 0 Å². The molecule has 1 saturated heterocycles. The summed E-state index contributed by atoms with van der Waals surface area (Å²) in [5, 5.41) is 0. The maximum atomic E-state index is 11.5. The van der Waals surface area contributed by atoms with E-state index < -0.39 is 0 Å². The highest BCUT2D eigenvalue weighted by Gasteiger charge is 2.37. The van der Waals surface area contributed by atoms with Crippen LogP contribution in [0.5, 0.6) is 0 Å². The molecule has 2 atom stereocenters. The number of benzene rings is 1. The number of hydrogen-bond donors (Lipinski definition) is 0. The van der Waals surface area contributed by atoms with Crippen molar-refractivity contribution in [3.8, 4) is 0 Å². The standard InChI is InChI=1S/C12H13NO2/c1-13-11(8-14)10(7-12(13)15)9-5-3-2-4-6-9/h2-6,8,10-11H,7H2,1H3/t10-,11+/m1/s1. The second-order valence-electron chi connectivity index (χ2n) is 3.85. The highest BCUT2D eigenvalue weighted by atomic mass is 16.2. The van der Waals surface area contributed by atoms with Crippen LogP contribution in [0.2, 0.25) is 0 Å². The minimum Gasteiger partial charge on any atom is -0.335 e. The van der Waals surface area contributed by atoms with Crippen molar-refractivity contribution in [1.29, 1.82) is 0 Å². The summed E-state index contributed by atoms with van der Waals surface area (Å²) in [5.41, 5.74) is 1.06. The molecule has 2 rings (SSSR count). The summed E-state index contributed by atoms with van der Waals surface area (Å²) in [6, 6.07) is 9.42. The second kappa shape index (κ2) is 3.85. The third kappa shape index (κ3) is 1.65. The highest BCUT2D eigenvalue weighted by Crippen LogP contribution is 2.31. The number of likely N-dealkylation sites (N-methyl/N-ethyl adjacent to an activating group) is 1. The maximum Gasteiger partial charge on any atom is 0.223 e. The van der Waals surface area contributed by atoms with Gasteiger partial charge in [-0.05, 0) is 5.56 Å². The number of rotatable bonds is 2. The van der Waals surface area contributed by atoms with Gasteiger partial charge in [0.15, 0.2) is 0 Å². The summed E-state index contributed by atoms with van der Waals surface area (Å²) < 4.78 is 0. The maximum absolute atomic E-state index is 11.5. The number of nitrogens with zero attached hydrogens (tertiary/aromatic N) is 1. The summed E-state index contributed by atoms with van der Waals surface area (Å²) in [4.78, 5) is 24.0. The Morgan fingerprint density at radius 3 is 2.60 bits per heavy atom. The van der Waals surface area contributed by atoms with Crippen molar-refractivity contribution in [3.63, 3.8) is 0 Å². The molecule has 0 aliphatic carbocycles. The number of amides is 1. The first kappa shape index (κ1) is 9.90. The van der Waals surface area contributed by atoms with Crippen LogP contribution in [0, 0.1) is 0 Å². The predicted molar refractivity (Wildman–Crippen MR) is 56.4 cm³/mol. The molecule has 1 aliphatic rings. The van der Waals surface area contributed by atoms with Gasteiger partial charge in [-0.1, -0.05) is 30.3 Å². The molecule has 1 aromatic rings. The van der Waals surface area contributed by atoms with Crippen LogP contribution >= 0.6 is 0 Å². The van der Waals surface area contributed by atoms with E-state index >= 15 is 0 Å². The molecule has 0 spiro atoms. The van der Waals surface area contributed by atoms with Crippen molar-refractivity contribution in [1.82, 2.24) is 4.90 Å². The van der Waals surface area contributed by atoms with Crippen LogP contribution in [0.1, 0.15) is 17.9 Å². The van der Waals surface area contributed by atoms with Crippen molar-refractivity contribution in [2.75, 3.05) is 7.05 Å². The molecule has 0 bridgehead atoms. The van der Waals surface area contributed by atoms with E-state index in [4.69, 9.17) is 0 Å². The average molecular weight is 203 g/mol. The van der Waals surface area contributed by atoms with E-state index in [0.29, 0.717) is 6.42 Å². The summed E-state index contributed by atoms with van der Waals surface area (Å²) in [5.74, 6) is 0.0575. The van der Waals surface area contributed by atoms with Gasteiger partial charge in [-0.2, -0.15) is 0 Å². The first-order valence-corrected chi connectivity index (χ1v) is 5.00. The quantitative estimate of drug-likeness (QED) is 0.677. The van der Waals surface area contributed by atoms with Crippen LogP contribution in [-0.4, -0.2) is 30.2 Å². The third-order valence-corrected chi connectivity index (χ3v) is 3.01. The van der Waals surface area contributed by atoms with E-state index in [2.05, 4.69) is 0 Å². The summed E-state index contributed by atoms with van der Waals surface area (Å²) in [6.07, 6.45) is 1.30. The van der Waals surface area contributed by atoms with Gasteiger partial charge in [0.05, 0.1) is 6.04 Å². The summed E-state index contributed by atoms with van der Waals surface area (Å²) in [7, 11) is 1.68. The molecule has 0 saturated carbocycles. The number of aldehydes is 1. The highest BCUT2D eigenvalue weighted by molar-refractivity contribution is 5.85. The Bertz CT molecular complexity index is 374. The Morgan fingerprint density at radius 2 is 2.00 bits per heavy atom. The molecule has 0 unspecified atom stereocenters. The molecule has 1 fully saturated rings. The largest absolute Gasteiger partial charge is 0.335 e. The van der Waals surface area contributed by atoms with Gasteiger partial charge in [-0.25, -0.2) is 0 Å². The molecule has 1 heterocycles. The SMILES string of the molecule is CN1C(=O)C[C@H](c2ccccc2)[C@@H]1C=O. The Morgan fingerprint density at radius 1 is 1.33 bits per heavy atom. The molecule has 1 amide bonds. The topological polar surface area (TPSA) is 37.4 Å². The summed E-state index contributed by atoms with van der Waals surface area (Å²) >= 11 is 0. The smallest absolute Gasteiger partial charge is 0.223 e. The molecule has 15 heavy (non-hydrogen) atoms. The van der Waals surface area contributed by atoms with Crippen molar-refractivity contribution in [3.05, 3.63) is 35.9 Å². The van der Waals surface area contributed by atoms with Gasteiger partial charge in [0.1, 0.15) is 6.29 Å². The fourth-order valence-corrected chi connectivity index (χ4v) is 2.09. The average Bonchev–Trinajstić information content (AvgIpc) is 2.56. The number of likely N-dealkylation sites (tertiary alicyclic amines) is 1.